The Morgan fingerprint density at radius 3 is 2.67 bits per heavy atom. The van der Waals surface area contributed by atoms with E-state index in [1.165, 1.54) is 0 Å². The molecule has 0 N–H and O–H groups in total. The number of carbonyl (C=O) groups is 1. The van der Waals surface area contributed by atoms with E-state index in [-0.39, 0.29) is 0 Å². The molecule has 0 amide bonds. The van der Waals surface area contributed by atoms with Crippen molar-refractivity contribution in [3.05, 3.63) is 40.4 Å². The maximum atomic E-state index is 10.3. The molecule has 2 heteroatoms. The lowest BCUT2D eigenvalue weighted by Gasteiger charge is -1.96. The van der Waals surface area contributed by atoms with Crippen molar-refractivity contribution >= 4 is 24.0 Å². The van der Waals surface area contributed by atoms with E-state index in [1.54, 1.807) is 19.1 Å². The SMILES string of the molecule is C/C(C=O)=C/c1ccccc1Cl. The Morgan fingerprint density at radius 2 is 2.08 bits per heavy atom. The number of benzene rings is 1. The smallest absolute Gasteiger partial charge is 0.145 e. The molecule has 0 saturated heterocycles. The Morgan fingerprint density at radius 1 is 1.42 bits per heavy atom. The van der Waals surface area contributed by atoms with Crippen molar-refractivity contribution < 1.29 is 4.79 Å². The van der Waals surface area contributed by atoms with Crippen molar-refractivity contribution in [3.63, 3.8) is 0 Å². The highest BCUT2D eigenvalue weighted by molar-refractivity contribution is 6.32. The van der Waals surface area contributed by atoms with Gasteiger partial charge in [-0.15, -0.1) is 0 Å². The molecular formula is C10H9ClO. The molecule has 0 bridgehead atoms. The van der Waals surface area contributed by atoms with Gasteiger partial charge in [-0.25, -0.2) is 0 Å². The summed E-state index contributed by atoms with van der Waals surface area (Å²) in [5.41, 5.74) is 1.55. The molecule has 0 fully saturated rings. The molecule has 0 spiro atoms. The third-order valence-corrected chi connectivity index (χ3v) is 1.82. The lowest BCUT2D eigenvalue weighted by Crippen LogP contribution is -1.78. The Kier molecular flexibility index (Phi) is 3.06. The average molecular weight is 181 g/mol. The molecule has 0 unspecified atom stereocenters. The summed E-state index contributed by atoms with van der Waals surface area (Å²) in [7, 11) is 0. The van der Waals surface area contributed by atoms with Crippen LogP contribution in [0.4, 0.5) is 0 Å². The van der Waals surface area contributed by atoms with Gasteiger partial charge in [-0.3, -0.25) is 4.79 Å². The first-order valence-electron chi connectivity index (χ1n) is 3.62. The van der Waals surface area contributed by atoms with Crippen molar-refractivity contribution in [3.8, 4) is 0 Å². The number of aldehydes is 1. The van der Waals surface area contributed by atoms with E-state index in [1.807, 2.05) is 18.2 Å². The summed E-state index contributed by atoms with van der Waals surface area (Å²) in [4.78, 5) is 10.3. The van der Waals surface area contributed by atoms with Gasteiger partial charge in [0, 0.05) is 5.02 Å². The number of allylic oxidation sites excluding steroid dienone is 1. The van der Waals surface area contributed by atoms with Crippen LogP contribution in [0, 0.1) is 0 Å². The van der Waals surface area contributed by atoms with Crippen molar-refractivity contribution in [2.75, 3.05) is 0 Å². The van der Waals surface area contributed by atoms with Gasteiger partial charge in [0.1, 0.15) is 6.29 Å². The van der Waals surface area contributed by atoms with Gasteiger partial charge in [-0.2, -0.15) is 0 Å². The topological polar surface area (TPSA) is 17.1 Å². The van der Waals surface area contributed by atoms with Crippen LogP contribution >= 0.6 is 11.6 Å². The maximum absolute atomic E-state index is 10.3. The zero-order chi connectivity index (χ0) is 8.97. The number of carbonyl (C=O) groups excluding carboxylic acids is 1. The molecule has 1 aromatic carbocycles. The molecule has 0 aliphatic rings. The van der Waals surface area contributed by atoms with Crippen LogP contribution in [0.1, 0.15) is 12.5 Å². The van der Waals surface area contributed by atoms with Gasteiger partial charge in [0.25, 0.3) is 0 Å². The average Bonchev–Trinajstić information content (AvgIpc) is 2.09. The van der Waals surface area contributed by atoms with E-state index < -0.39 is 0 Å². The largest absolute Gasteiger partial charge is 0.298 e. The molecular weight excluding hydrogens is 172 g/mol. The zero-order valence-corrected chi connectivity index (χ0v) is 7.51. The second-order valence-electron chi connectivity index (χ2n) is 2.53. The molecule has 1 nitrogen and oxygen atoms in total. The predicted molar refractivity (Wildman–Crippen MR) is 51.2 cm³/mol. The minimum atomic E-state index is 0.665. The van der Waals surface area contributed by atoms with Crippen LogP contribution in [-0.4, -0.2) is 6.29 Å². The minimum Gasteiger partial charge on any atom is -0.298 e. The normalized spacial score (nSPS) is 11.3. The highest BCUT2D eigenvalue weighted by Crippen LogP contribution is 2.17. The van der Waals surface area contributed by atoms with Crippen LogP contribution in [0.2, 0.25) is 5.02 Å². The Labute approximate surface area is 76.7 Å². The van der Waals surface area contributed by atoms with E-state index >= 15 is 0 Å². The van der Waals surface area contributed by atoms with E-state index in [2.05, 4.69) is 0 Å². The van der Waals surface area contributed by atoms with Crippen molar-refractivity contribution in [2.45, 2.75) is 6.92 Å². The summed E-state index contributed by atoms with van der Waals surface area (Å²) in [6.07, 6.45) is 2.57. The summed E-state index contributed by atoms with van der Waals surface area (Å²) < 4.78 is 0. The van der Waals surface area contributed by atoms with Crippen LogP contribution in [0.3, 0.4) is 0 Å². The van der Waals surface area contributed by atoms with E-state index in [0.717, 1.165) is 11.8 Å². The first-order valence-corrected chi connectivity index (χ1v) is 4.00. The van der Waals surface area contributed by atoms with Gasteiger partial charge in [-0.05, 0) is 30.2 Å². The highest BCUT2D eigenvalue weighted by atomic mass is 35.5. The Balaban J connectivity index is 3.04. The van der Waals surface area contributed by atoms with Crippen LogP contribution in [0.25, 0.3) is 6.08 Å². The fourth-order valence-corrected chi connectivity index (χ4v) is 1.06. The molecule has 0 heterocycles. The van der Waals surface area contributed by atoms with E-state index in [4.69, 9.17) is 11.6 Å². The summed E-state index contributed by atoms with van der Waals surface area (Å²) >= 11 is 5.86. The molecule has 0 atom stereocenters. The molecule has 0 aliphatic heterocycles. The zero-order valence-electron chi connectivity index (χ0n) is 6.75. The van der Waals surface area contributed by atoms with E-state index in [0.29, 0.717) is 10.6 Å². The molecule has 0 saturated carbocycles. The van der Waals surface area contributed by atoms with E-state index in [9.17, 15) is 4.79 Å². The summed E-state index contributed by atoms with van der Waals surface area (Å²) in [5, 5.41) is 0.665. The number of rotatable bonds is 2. The second-order valence-corrected chi connectivity index (χ2v) is 2.93. The number of hydrogen-bond donors (Lipinski definition) is 0. The third kappa shape index (κ3) is 2.21. The summed E-state index contributed by atoms with van der Waals surface area (Å²) in [6.45, 7) is 1.75. The maximum Gasteiger partial charge on any atom is 0.145 e. The standard InChI is InChI=1S/C10H9ClO/c1-8(7-12)6-9-4-2-3-5-10(9)11/h2-7H,1H3/b8-6-. The fourth-order valence-electron chi connectivity index (χ4n) is 0.871. The van der Waals surface area contributed by atoms with Crippen LogP contribution < -0.4 is 0 Å². The summed E-state index contributed by atoms with van der Waals surface area (Å²) in [6, 6.07) is 7.41. The van der Waals surface area contributed by atoms with Crippen LogP contribution in [-0.2, 0) is 4.79 Å². The molecule has 0 aliphatic carbocycles. The first-order chi connectivity index (χ1) is 5.74. The molecule has 62 valence electrons. The molecule has 0 radical (unpaired) electrons. The lowest BCUT2D eigenvalue weighted by molar-refractivity contribution is -0.104. The Hall–Kier alpha value is -1.08. The van der Waals surface area contributed by atoms with Gasteiger partial charge >= 0.3 is 0 Å². The quantitative estimate of drug-likeness (QED) is 0.505. The van der Waals surface area contributed by atoms with Crippen LogP contribution in [0.5, 0.6) is 0 Å². The minimum absolute atomic E-state index is 0.665. The number of halogens is 1. The van der Waals surface area contributed by atoms with Crippen molar-refractivity contribution in [1.82, 2.24) is 0 Å². The Bertz CT molecular complexity index is 315. The fraction of sp³-hybridized carbons (Fsp3) is 0.100. The predicted octanol–water partition coefficient (Wildman–Crippen LogP) is 2.94. The van der Waals surface area contributed by atoms with Crippen LogP contribution in [0.15, 0.2) is 29.8 Å². The second kappa shape index (κ2) is 4.07. The molecule has 12 heavy (non-hydrogen) atoms. The van der Waals surface area contributed by atoms with Gasteiger partial charge in [0.15, 0.2) is 0 Å². The lowest BCUT2D eigenvalue weighted by atomic mass is 10.1. The molecule has 1 rings (SSSR count). The molecule has 1 aromatic rings. The van der Waals surface area contributed by atoms with Gasteiger partial charge < -0.3 is 0 Å². The summed E-state index contributed by atoms with van der Waals surface area (Å²) in [5.74, 6) is 0. The van der Waals surface area contributed by atoms with Crippen molar-refractivity contribution in [1.29, 1.82) is 0 Å². The third-order valence-electron chi connectivity index (χ3n) is 1.47. The van der Waals surface area contributed by atoms with Crippen molar-refractivity contribution in [2.24, 2.45) is 0 Å². The van der Waals surface area contributed by atoms with Gasteiger partial charge in [0.05, 0.1) is 0 Å². The van der Waals surface area contributed by atoms with Gasteiger partial charge in [0.2, 0.25) is 0 Å². The first kappa shape index (κ1) is 9.01. The number of hydrogen-bond acceptors (Lipinski definition) is 1. The van der Waals surface area contributed by atoms with Gasteiger partial charge in [-0.1, -0.05) is 29.8 Å². The highest BCUT2D eigenvalue weighted by Gasteiger charge is 1.94. The molecule has 0 aromatic heterocycles. The monoisotopic (exact) mass is 180 g/mol.